The molecule has 2 N–H and O–H groups in total. The minimum absolute atomic E-state index is 0.0321. The molecule has 0 aliphatic heterocycles. The number of anilines is 1. The van der Waals surface area contributed by atoms with Crippen LogP contribution in [-0.2, 0) is 0 Å². The van der Waals surface area contributed by atoms with E-state index in [1.165, 1.54) is 10.6 Å². The first-order chi connectivity index (χ1) is 8.68. The molecule has 18 heavy (non-hydrogen) atoms. The number of hydrogen-bond acceptors (Lipinski definition) is 3. The molecule has 1 aromatic carbocycles. The van der Waals surface area contributed by atoms with E-state index in [2.05, 4.69) is 9.97 Å². The van der Waals surface area contributed by atoms with Gasteiger partial charge in [0.05, 0.1) is 10.7 Å². The van der Waals surface area contributed by atoms with Crippen LogP contribution in [0.2, 0.25) is 5.02 Å². The van der Waals surface area contributed by atoms with Crippen LogP contribution >= 0.6 is 11.6 Å². The summed E-state index contributed by atoms with van der Waals surface area (Å²) in [6, 6.07) is 8.20. The summed E-state index contributed by atoms with van der Waals surface area (Å²) in [5, 5.41) is 0.0321. The number of benzene rings is 1. The Balaban J connectivity index is 2.38. The van der Waals surface area contributed by atoms with Crippen LogP contribution in [-0.4, -0.2) is 14.5 Å². The molecule has 0 amide bonds. The molecule has 2 heterocycles. The van der Waals surface area contributed by atoms with Gasteiger partial charge in [0.25, 0.3) is 0 Å². The fourth-order valence-electron chi connectivity index (χ4n) is 1.83. The predicted molar refractivity (Wildman–Crippen MR) is 68.2 cm³/mol. The Hall–Kier alpha value is -2.14. The third kappa shape index (κ3) is 1.52. The summed E-state index contributed by atoms with van der Waals surface area (Å²) in [6.07, 6.45) is 1.60. The summed E-state index contributed by atoms with van der Waals surface area (Å²) in [6.45, 7) is 0. The van der Waals surface area contributed by atoms with E-state index in [9.17, 15) is 4.39 Å². The van der Waals surface area contributed by atoms with E-state index >= 15 is 0 Å². The SMILES string of the molecule is Nc1nc2cccnc2n1-c1cccc(Cl)c1F. The van der Waals surface area contributed by atoms with Gasteiger partial charge in [-0.25, -0.2) is 14.4 Å². The lowest BCUT2D eigenvalue weighted by Crippen LogP contribution is -2.03. The van der Waals surface area contributed by atoms with Crippen molar-refractivity contribution in [3.63, 3.8) is 0 Å². The predicted octanol–water partition coefficient (Wildman–Crippen LogP) is 2.80. The molecule has 0 saturated carbocycles. The number of pyridine rings is 1. The van der Waals surface area contributed by atoms with E-state index < -0.39 is 5.82 Å². The standard InChI is InChI=1S/C12H8ClFN4/c13-7-3-1-5-9(10(7)14)18-11-8(17-12(18)15)4-2-6-16-11/h1-6H,(H2,15,17). The number of aromatic nitrogens is 3. The molecule has 0 aliphatic carbocycles. The van der Waals surface area contributed by atoms with Gasteiger partial charge in [-0.05, 0) is 24.3 Å². The molecule has 0 atom stereocenters. The van der Waals surface area contributed by atoms with Crippen molar-refractivity contribution in [1.82, 2.24) is 14.5 Å². The number of nitrogens with two attached hydrogens (primary N) is 1. The summed E-state index contributed by atoms with van der Waals surface area (Å²) >= 11 is 5.76. The lowest BCUT2D eigenvalue weighted by molar-refractivity contribution is 0.620. The Morgan fingerprint density at radius 3 is 2.89 bits per heavy atom. The van der Waals surface area contributed by atoms with Gasteiger partial charge in [0.15, 0.2) is 11.5 Å². The van der Waals surface area contributed by atoms with Crippen molar-refractivity contribution < 1.29 is 4.39 Å². The summed E-state index contributed by atoms with van der Waals surface area (Å²) in [5.74, 6) is -0.374. The molecule has 0 fully saturated rings. The van der Waals surface area contributed by atoms with Crippen LogP contribution in [0, 0.1) is 5.82 Å². The molecule has 3 rings (SSSR count). The van der Waals surface area contributed by atoms with Gasteiger partial charge < -0.3 is 5.73 Å². The minimum atomic E-state index is -0.546. The van der Waals surface area contributed by atoms with E-state index in [0.29, 0.717) is 11.2 Å². The van der Waals surface area contributed by atoms with Crippen LogP contribution in [0.4, 0.5) is 10.3 Å². The monoisotopic (exact) mass is 262 g/mol. The second-order valence-corrected chi connectivity index (χ2v) is 4.13. The maximum Gasteiger partial charge on any atom is 0.207 e. The molecule has 0 saturated heterocycles. The van der Waals surface area contributed by atoms with Gasteiger partial charge in [-0.15, -0.1) is 0 Å². The zero-order valence-corrected chi connectivity index (χ0v) is 9.89. The van der Waals surface area contributed by atoms with Gasteiger partial charge in [-0.2, -0.15) is 0 Å². The first-order valence-corrected chi connectivity index (χ1v) is 5.59. The topological polar surface area (TPSA) is 56.7 Å². The van der Waals surface area contributed by atoms with Crippen LogP contribution < -0.4 is 5.73 Å². The molecule has 3 aromatic rings. The van der Waals surface area contributed by atoms with Crippen molar-refractivity contribution in [3.8, 4) is 5.69 Å². The average molecular weight is 263 g/mol. The van der Waals surface area contributed by atoms with Crippen LogP contribution in [0.3, 0.4) is 0 Å². The van der Waals surface area contributed by atoms with Gasteiger partial charge in [-0.1, -0.05) is 17.7 Å². The summed E-state index contributed by atoms with van der Waals surface area (Å²) in [5.41, 5.74) is 7.15. The number of halogens is 2. The molecule has 90 valence electrons. The highest BCUT2D eigenvalue weighted by molar-refractivity contribution is 6.30. The smallest absolute Gasteiger partial charge is 0.207 e. The molecule has 0 spiro atoms. The van der Waals surface area contributed by atoms with Gasteiger partial charge in [0.1, 0.15) is 5.52 Å². The highest BCUT2D eigenvalue weighted by Crippen LogP contribution is 2.26. The molecule has 0 aliphatic rings. The molecule has 0 bridgehead atoms. The largest absolute Gasteiger partial charge is 0.369 e. The molecule has 6 heteroatoms. The number of nitrogen functional groups attached to an aromatic ring is 1. The summed E-state index contributed by atoms with van der Waals surface area (Å²) in [7, 11) is 0. The zero-order chi connectivity index (χ0) is 12.7. The van der Waals surface area contributed by atoms with Gasteiger partial charge >= 0.3 is 0 Å². The maximum absolute atomic E-state index is 14.0. The zero-order valence-electron chi connectivity index (χ0n) is 9.14. The second kappa shape index (κ2) is 3.96. The third-order valence-electron chi connectivity index (χ3n) is 2.61. The molecular weight excluding hydrogens is 255 g/mol. The molecular formula is C12H8ClFN4. The quantitative estimate of drug-likeness (QED) is 0.734. The lowest BCUT2D eigenvalue weighted by Gasteiger charge is -2.07. The third-order valence-corrected chi connectivity index (χ3v) is 2.91. The molecule has 4 nitrogen and oxygen atoms in total. The molecule has 0 unspecified atom stereocenters. The first-order valence-electron chi connectivity index (χ1n) is 5.22. The van der Waals surface area contributed by atoms with E-state index in [1.807, 2.05) is 0 Å². The van der Waals surface area contributed by atoms with Crippen molar-refractivity contribution in [2.45, 2.75) is 0 Å². The van der Waals surface area contributed by atoms with Gasteiger partial charge in [0, 0.05) is 6.20 Å². The Bertz CT molecular complexity index is 738. The van der Waals surface area contributed by atoms with Crippen molar-refractivity contribution >= 4 is 28.7 Å². The number of nitrogens with zero attached hydrogens (tertiary/aromatic N) is 3. The number of rotatable bonds is 1. The van der Waals surface area contributed by atoms with Gasteiger partial charge in [-0.3, -0.25) is 4.57 Å². The van der Waals surface area contributed by atoms with E-state index in [1.54, 1.807) is 30.5 Å². The lowest BCUT2D eigenvalue weighted by atomic mass is 10.3. The maximum atomic E-state index is 14.0. The Labute approximate surface area is 107 Å². The second-order valence-electron chi connectivity index (χ2n) is 3.72. The highest BCUT2D eigenvalue weighted by atomic mass is 35.5. The van der Waals surface area contributed by atoms with Crippen LogP contribution in [0.1, 0.15) is 0 Å². The summed E-state index contributed by atoms with van der Waals surface area (Å²) < 4.78 is 15.4. The van der Waals surface area contributed by atoms with E-state index in [0.717, 1.165) is 0 Å². The highest BCUT2D eigenvalue weighted by Gasteiger charge is 2.15. The Morgan fingerprint density at radius 2 is 2.06 bits per heavy atom. The fourth-order valence-corrected chi connectivity index (χ4v) is 2.00. The Morgan fingerprint density at radius 1 is 1.22 bits per heavy atom. The number of imidazole rings is 1. The minimum Gasteiger partial charge on any atom is -0.369 e. The van der Waals surface area contributed by atoms with Crippen LogP contribution in [0.15, 0.2) is 36.5 Å². The van der Waals surface area contributed by atoms with Crippen molar-refractivity contribution in [1.29, 1.82) is 0 Å². The molecule has 2 aromatic heterocycles. The normalized spacial score (nSPS) is 11.0. The van der Waals surface area contributed by atoms with E-state index in [-0.39, 0.29) is 16.7 Å². The van der Waals surface area contributed by atoms with Crippen molar-refractivity contribution in [2.75, 3.05) is 5.73 Å². The number of fused-ring (bicyclic) bond motifs is 1. The van der Waals surface area contributed by atoms with E-state index in [4.69, 9.17) is 17.3 Å². The average Bonchev–Trinajstić information content (AvgIpc) is 2.69. The summed E-state index contributed by atoms with van der Waals surface area (Å²) in [4.78, 5) is 8.29. The number of hydrogen-bond donors (Lipinski definition) is 1. The molecule has 0 radical (unpaired) electrons. The Kier molecular flexibility index (Phi) is 2.41. The fraction of sp³-hybridized carbons (Fsp3) is 0. The van der Waals surface area contributed by atoms with Crippen molar-refractivity contribution in [3.05, 3.63) is 47.4 Å². The van der Waals surface area contributed by atoms with Gasteiger partial charge in [0.2, 0.25) is 5.95 Å². The first kappa shape index (κ1) is 11.0. The van der Waals surface area contributed by atoms with Crippen LogP contribution in [0.5, 0.6) is 0 Å². The van der Waals surface area contributed by atoms with Crippen LogP contribution in [0.25, 0.3) is 16.9 Å². The van der Waals surface area contributed by atoms with Crippen molar-refractivity contribution in [2.24, 2.45) is 0 Å².